The zero-order valence-electron chi connectivity index (χ0n) is 11.2. The molecule has 0 spiro atoms. The van der Waals surface area contributed by atoms with E-state index in [9.17, 15) is 13.5 Å². The van der Waals surface area contributed by atoms with Crippen molar-refractivity contribution < 1.29 is 13.5 Å². The Labute approximate surface area is 128 Å². The van der Waals surface area contributed by atoms with E-state index in [0.717, 1.165) is 12.8 Å². The molecule has 5 nitrogen and oxygen atoms in total. The van der Waals surface area contributed by atoms with E-state index in [2.05, 4.69) is 0 Å². The number of hydrogen-bond acceptors (Lipinski definition) is 4. The average molecular weight is 327 g/mol. The van der Waals surface area contributed by atoms with Gasteiger partial charge in [-0.3, -0.25) is 0 Å². The molecule has 112 valence electrons. The molecular weight excluding hydrogens is 312 g/mol. The molecule has 2 atom stereocenters. The maximum Gasteiger partial charge on any atom is 0.245 e. The molecule has 2 aliphatic heterocycles. The van der Waals surface area contributed by atoms with Gasteiger partial charge in [-0.25, -0.2) is 8.42 Å². The smallest absolute Gasteiger partial charge is 0.245 e. The van der Waals surface area contributed by atoms with Gasteiger partial charge in [-0.15, -0.1) is 0 Å². The predicted molar refractivity (Wildman–Crippen MR) is 77.2 cm³/mol. The molecule has 1 aromatic rings. The minimum Gasteiger partial charge on any atom is -0.393 e. The lowest BCUT2D eigenvalue weighted by molar-refractivity contribution is 0.0769. The molecular formula is C14H15ClN2O3S. The predicted octanol–water partition coefficient (Wildman–Crippen LogP) is 1.89. The number of aliphatic hydroxyl groups excluding tert-OH is 1. The molecule has 0 saturated carbocycles. The van der Waals surface area contributed by atoms with Crippen LogP contribution < -0.4 is 0 Å². The summed E-state index contributed by atoms with van der Waals surface area (Å²) >= 11 is 6.05. The van der Waals surface area contributed by atoms with Gasteiger partial charge in [0.15, 0.2) is 0 Å². The molecule has 21 heavy (non-hydrogen) atoms. The Kier molecular flexibility index (Phi) is 3.70. The molecule has 0 aromatic heterocycles. The molecule has 1 aromatic carbocycles. The molecule has 2 aliphatic rings. The van der Waals surface area contributed by atoms with Gasteiger partial charge >= 0.3 is 0 Å². The molecule has 0 aliphatic carbocycles. The van der Waals surface area contributed by atoms with E-state index in [4.69, 9.17) is 16.9 Å². The molecule has 2 unspecified atom stereocenters. The summed E-state index contributed by atoms with van der Waals surface area (Å²) in [6.07, 6.45) is 2.07. The molecule has 0 radical (unpaired) electrons. The van der Waals surface area contributed by atoms with Crippen molar-refractivity contribution in [2.24, 2.45) is 0 Å². The number of rotatable bonds is 2. The second kappa shape index (κ2) is 5.25. The van der Waals surface area contributed by atoms with E-state index in [1.54, 1.807) is 0 Å². The fraction of sp³-hybridized carbons (Fsp3) is 0.500. The van der Waals surface area contributed by atoms with E-state index in [1.165, 1.54) is 22.5 Å². The third-order valence-electron chi connectivity index (χ3n) is 4.26. The van der Waals surface area contributed by atoms with Crippen molar-refractivity contribution in [3.8, 4) is 6.07 Å². The normalized spacial score (nSPS) is 29.3. The Morgan fingerprint density at radius 2 is 1.90 bits per heavy atom. The minimum absolute atomic E-state index is 0.0384. The Balaban J connectivity index is 2.00. The maximum absolute atomic E-state index is 12.9. The lowest BCUT2D eigenvalue weighted by Crippen LogP contribution is -2.47. The molecule has 2 fully saturated rings. The standard InChI is InChI=1S/C14H15ClN2O3S/c15-13-5-9(8-16)1-4-14(13)21(19,20)17-10-2-3-11(17)7-12(18)6-10/h1,4-5,10-12,18H,2-3,6-7H2. The summed E-state index contributed by atoms with van der Waals surface area (Å²) in [7, 11) is -3.70. The summed E-state index contributed by atoms with van der Waals surface area (Å²) < 4.78 is 27.2. The van der Waals surface area contributed by atoms with Gasteiger partial charge in [0, 0.05) is 12.1 Å². The van der Waals surface area contributed by atoms with Crippen molar-refractivity contribution in [3.05, 3.63) is 28.8 Å². The Morgan fingerprint density at radius 1 is 1.29 bits per heavy atom. The minimum atomic E-state index is -3.70. The van der Waals surface area contributed by atoms with Crippen molar-refractivity contribution >= 4 is 21.6 Å². The first kappa shape index (κ1) is 14.8. The second-order valence-corrected chi connectivity index (χ2v) is 7.82. The summed E-state index contributed by atoms with van der Waals surface area (Å²) in [5.74, 6) is 0. The average Bonchev–Trinajstić information content (AvgIpc) is 2.72. The van der Waals surface area contributed by atoms with Crippen molar-refractivity contribution in [1.29, 1.82) is 5.26 Å². The first-order valence-electron chi connectivity index (χ1n) is 6.84. The molecule has 2 saturated heterocycles. The summed E-state index contributed by atoms with van der Waals surface area (Å²) in [5, 5.41) is 18.7. The highest BCUT2D eigenvalue weighted by Crippen LogP contribution is 2.40. The second-order valence-electron chi connectivity index (χ2n) is 5.60. The van der Waals surface area contributed by atoms with Crippen LogP contribution in [0.4, 0.5) is 0 Å². The maximum atomic E-state index is 12.9. The van der Waals surface area contributed by atoms with E-state index < -0.39 is 16.1 Å². The number of aliphatic hydroxyl groups is 1. The van der Waals surface area contributed by atoms with Gasteiger partial charge < -0.3 is 5.11 Å². The lowest BCUT2D eigenvalue weighted by Gasteiger charge is -2.36. The van der Waals surface area contributed by atoms with E-state index in [1.807, 2.05) is 6.07 Å². The zero-order valence-corrected chi connectivity index (χ0v) is 12.8. The molecule has 2 bridgehead atoms. The summed E-state index contributed by atoms with van der Waals surface area (Å²) in [6, 6.07) is 5.84. The highest BCUT2D eigenvalue weighted by molar-refractivity contribution is 7.89. The highest BCUT2D eigenvalue weighted by atomic mass is 35.5. The van der Waals surface area contributed by atoms with E-state index in [-0.39, 0.29) is 22.0 Å². The van der Waals surface area contributed by atoms with Gasteiger partial charge in [-0.2, -0.15) is 9.57 Å². The SMILES string of the molecule is N#Cc1ccc(S(=O)(=O)N2C3CCC2CC(O)C3)c(Cl)c1. The van der Waals surface area contributed by atoms with Gasteiger partial charge in [-0.1, -0.05) is 11.6 Å². The number of piperidine rings is 1. The summed E-state index contributed by atoms with van der Waals surface area (Å²) in [4.78, 5) is 0.0384. The zero-order chi connectivity index (χ0) is 15.2. The largest absolute Gasteiger partial charge is 0.393 e. The van der Waals surface area contributed by atoms with Gasteiger partial charge in [0.2, 0.25) is 10.0 Å². The molecule has 2 heterocycles. The first-order chi connectivity index (χ1) is 9.93. The van der Waals surface area contributed by atoms with Crippen LogP contribution in [-0.2, 0) is 10.0 Å². The quantitative estimate of drug-likeness (QED) is 0.899. The number of sulfonamides is 1. The van der Waals surface area contributed by atoms with Crippen molar-refractivity contribution in [1.82, 2.24) is 4.31 Å². The van der Waals surface area contributed by atoms with Crippen LogP contribution in [0.15, 0.2) is 23.1 Å². The molecule has 3 rings (SSSR count). The fourth-order valence-corrected chi connectivity index (χ4v) is 5.80. The van der Waals surface area contributed by atoms with Crippen molar-refractivity contribution in [2.45, 2.75) is 48.8 Å². The molecule has 0 amide bonds. The summed E-state index contributed by atoms with van der Waals surface area (Å²) in [6.45, 7) is 0. The molecule has 1 N–H and O–H groups in total. The topological polar surface area (TPSA) is 81.4 Å². The molecule has 7 heteroatoms. The Hall–Kier alpha value is -1.13. The van der Waals surface area contributed by atoms with Crippen molar-refractivity contribution in [3.63, 3.8) is 0 Å². The van der Waals surface area contributed by atoms with Crippen LogP contribution in [0.25, 0.3) is 0 Å². The summed E-state index contributed by atoms with van der Waals surface area (Å²) in [5.41, 5.74) is 0.330. The number of benzene rings is 1. The first-order valence-corrected chi connectivity index (χ1v) is 8.66. The Bertz CT molecular complexity index is 699. The van der Waals surface area contributed by atoms with Crippen LogP contribution in [0.1, 0.15) is 31.2 Å². The van der Waals surface area contributed by atoms with Gasteiger partial charge in [-0.05, 0) is 43.9 Å². The van der Waals surface area contributed by atoms with Crippen LogP contribution >= 0.6 is 11.6 Å². The number of nitriles is 1. The number of fused-ring (bicyclic) bond motifs is 2. The van der Waals surface area contributed by atoms with Crippen LogP contribution in [0.5, 0.6) is 0 Å². The van der Waals surface area contributed by atoms with Gasteiger partial charge in [0.05, 0.1) is 22.8 Å². The monoisotopic (exact) mass is 326 g/mol. The van der Waals surface area contributed by atoms with Gasteiger partial charge in [0.1, 0.15) is 4.90 Å². The van der Waals surface area contributed by atoms with Gasteiger partial charge in [0.25, 0.3) is 0 Å². The fourth-order valence-electron chi connectivity index (χ4n) is 3.39. The Morgan fingerprint density at radius 3 is 2.43 bits per heavy atom. The van der Waals surface area contributed by atoms with Crippen LogP contribution in [0, 0.1) is 11.3 Å². The van der Waals surface area contributed by atoms with Crippen LogP contribution in [0.3, 0.4) is 0 Å². The third-order valence-corrected chi connectivity index (χ3v) is 6.75. The van der Waals surface area contributed by atoms with Crippen molar-refractivity contribution in [2.75, 3.05) is 0 Å². The van der Waals surface area contributed by atoms with Crippen LogP contribution in [-0.4, -0.2) is 36.0 Å². The van der Waals surface area contributed by atoms with Crippen LogP contribution in [0.2, 0.25) is 5.02 Å². The lowest BCUT2D eigenvalue weighted by atomic mass is 10.0. The number of nitrogens with zero attached hydrogens (tertiary/aromatic N) is 2. The number of hydrogen-bond donors (Lipinski definition) is 1. The third kappa shape index (κ3) is 2.44. The highest BCUT2D eigenvalue weighted by Gasteiger charge is 2.47. The van der Waals surface area contributed by atoms with E-state index >= 15 is 0 Å². The number of halogens is 1. The van der Waals surface area contributed by atoms with E-state index in [0.29, 0.717) is 18.4 Å².